The maximum absolute atomic E-state index is 3.76. The van der Waals surface area contributed by atoms with Crippen molar-refractivity contribution in [3.05, 3.63) is 34.4 Å². The summed E-state index contributed by atoms with van der Waals surface area (Å²) < 4.78 is 0. The van der Waals surface area contributed by atoms with Crippen molar-refractivity contribution in [2.45, 2.75) is 61.4 Å². The van der Waals surface area contributed by atoms with Gasteiger partial charge in [0.1, 0.15) is 0 Å². The van der Waals surface area contributed by atoms with Gasteiger partial charge in [-0.15, -0.1) is 0 Å². The van der Waals surface area contributed by atoms with Gasteiger partial charge in [0.2, 0.25) is 0 Å². The molecule has 0 saturated carbocycles. The van der Waals surface area contributed by atoms with E-state index in [0.717, 1.165) is 24.3 Å². The first-order chi connectivity index (χ1) is 9.23. The van der Waals surface area contributed by atoms with Crippen LogP contribution in [0.3, 0.4) is 0 Å². The van der Waals surface area contributed by atoms with E-state index in [2.05, 4.69) is 72.8 Å². The Hall–Kier alpha value is -0.820. The van der Waals surface area contributed by atoms with Crippen LogP contribution in [0.15, 0.2) is 12.1 Å². The zero-order valence-corrected chi connectivity index (χ0v) is 14.7. The van der Waals surface area contributed by atoms with Crippen LogP contribution in [0, 0.1) is 38.5 Å². The molecule has 0 spiro atoms. The number of benzene rings is 1. The molecule has 0 aliphatic heterocycles. The molecule has 1 aromatic carbocycles. The van der Waals surface area contributed by atoms with Crippen molar-refractivity contribution in [3.8, 4) is 0 Å². The highest BCUT2D eigenvalue weighted by molar-refractivity contribution is 5.39. The number of aryl methyl sites for hydroxylation is 3. The van der Waals surface area contributed by atoms with E-state index < -0.39 is 0 Å². The van der Waals surface area contributed by atoms with Crippen molar-refractivity contribution in [3.63, 3.8) is 0 Å². The van der Waals surface area contributed by atoms with Crippen LogP contribution in [0.1, 0.15) is 62.9 Å². The molecule has 0 radical (unpaired) electrons. The van der Waals surface area contributed by atoms with E-state index in [1.54, 1.807) is 0 Å². The van der Waals surface area contributed by atoms with Crippen molar-refractivity contribution in [2.24, 2.45) is 17.8 Å². The van der Waals surface area contributed by atoms with E-state index >= 15 is 0 Å². The van der Waals surface area contributed by atoms with E-state index in [1.807, 2.05) is 0 Å². The van der Waals surface area contributed by atoms with Crippen molar-refractivity contribution >= 4 is 0 Å². The zero-order chi connectivity index (χ0) is 15.4. The van der Waals surface area contributed by atoms with Crippen LogP contribution >= 0.6 is 0 Å². The average Bonchev–Trinajstić information content (AvgIpc) is 2.26. The molecule has 1 unspecified atom stereocenters. The fourth-order valence-corrected chi connectivity index (χ4v) is 3.53. The lowest BCUT2D eigenvalue weighted by Gasteiger charge is -2.28. The molecular formula is C19H33N. The molecule has 1 aromatic rings. The number of hydrogen-bond donors (Lipinski definition) is 1. The molecule has 0 amide bonds. The normalized spacial score (nSPS) is 13.6. The lowest BCUT2D eigenvalue weighted by Crippen LogP contribution is -2.32. The molecule has 0 saturated heterocycles. The fraction of sp³-hybridized carbons (Fsp3) is 0.684. The molecule has 1 N–H and O–H groups in total. The molecule has 0 fully saturated rings. The van der Waals surface area contributed by atoms with Gasteiger partial charge < -0.3 is 5.32 Å². The van der Waals surface area contributed by atoms with E-state index in [-0.39, 0.29) is 0 Å². The Labute approximate surface area is 126 Å². The SMILES string of the molecule is Cc1cc(C)c(C(C)NCC(C(C)C)C(C)C)c(C)c1. The van der Waals surface area contributed by atoms with Gasteiger partial charge in [-0.25, -0.2) is 0 Å². The van der Waals surface area contributed by atoms with Crippen molar-refractivity contribution in [1.29, 1.82) is 0 Å². The largest absolute Gasteiger partial charge is 0.310 e. The minimum atomic E-state index is 0.426. The molecule has 0 aliphatic carbocycles. The summed E-state index contributed by atoms with van der Waals surface area (Å²) in [5.74, 6) is 2.20. The van der Waals surface area contributed by atoms with Gasteiger partial charge in [0, 0.05) is 6.04 Å². The molecule has 0 heterocycles. The summed E-state index contributed by atoms with van der Waals surface area (Å²) in [4.78, 5) is 0. The Morgan fingerprint density at radius 1 is 0.850 bits per heavy atom. The number of hydrogen-bond acceptors (Lipinski definition) is 1. The van der Waals surface area contributed by atoms with Crippen LogP contribution in [0.2, 0.25) is 0 Å². The maximum Gasteiger partial charge on any atom is 0.0297 e. The molecule has 1 rings (SSSR count). The minimum Gasteiger partial charge on any atom is -0.310 e. The van der Waals surface area contributed by atoms with E-state index in [0.29, 0.717) is 6.04 Å². The van der Waals surface area contributed by atoms with Crippen LogP contribution in [0.25, 0.3) is 0 Å². The van der Waals surface area contributed by atoms with Gasteiger partial charge in [0.05, 0.1) is 0 Å². The van der Waals surface area contributed by atoms with Crippen molar-refractivity contribution in [2.75, 3.05) is 6.54 Å². The second kappa shape index (κ2) is 7.26. The third kappa shape index (κ3) is 4.34. The maximum atomic E-state index is 3.76. The molecule has 0 bridgehead atoms. The standard InChI is InChI=1S/C19H33N/c1-12(2)18(13(3)4)11-20-17(8)19-15(6)9-14(5)10-16(19)7/h9-10,12-13,17-18,20H,11H2,1-8H3. The summed E-state index contributed by atoms with van der Waals surface area (Å²) in [7, 11) is 0. The predicted octanol–water partition coefficient (Wildman–Crippen LogP) is 5.19. The van der Waals surface area contributed by atoms with Gasteiger partial charge in [-0.1, -0.05) is 45.4 Å². The van der Waals surface area contributed by atoms with Crippen LogP contribution in [0.4, 0.5) is 0 Å². The highest BCUT2D eigenvalue weighted by Crippen LogP contribution is 2.25. The Balaban J connectivity index is 2.79. The topological polar surface area (TPSA) is 12.0 Å². The Morgan fingerprint density at radius 2 is 1.30 bits per heavy atom. The molecule has 1 nitrogen and oxygen atoms in total. The summed E-state index contributed by atoms with van der Waals surface area (Å²) in [6, 6.07) is 5.02. The molecule has 0 aliphatic rings. The molecule has 114 valence electrons. The first-order valence-electron chi connectivity index (χ1n) is 8.05. The summed E-state index contributed by atoms with van der Waals surface area (Å²) >= 11 is 0. The van der Waals surface area contributed by atoms with E-state index in [4.69, 9.17) is 0 Å². The lowest BCUT2D eigenvalue weighted by molar-refractivity contribution is 0.268. The summed E-state index contributed by atoms with van der Waals surface area (Å²) in [5.41, 5.74) is 5.65. The molecule has 20 heavy (non-hydrogen) atoms. The van der Waals surface area contributed by atoms with Crippen molar-refractivity contribution in [1.82, 2.24) is 5.32 Å². The van der Waals surface area contributed by atoms with Gasteiger partial charge in [0.25, 0.3) is 0 Å². The minimum absolute atomic E-state index is 0.426. The van der Waals surface area contributed by atoms with Crippen LogP contribution < -0.4 is 5.32 Å². The fourth-order valence-electron chi connectivity index (χ4n) is 3.53. The second-order valence-electron chi connectivity index (χ2n) is 7.09. The monoisotopic (exact) mass is 275 g/mol. The van der Waals surface area contributed by atoms with E-state index in [1.165, 1.54) is 22.3 Å². The average molecular weight is 275 g/mol. The Morgan fingerprint density at radius 3 is 1.70 bits per heavy atom. The highest BCUT2D eigenvalue weighted by Gasteiger charge is 2.19. The molecular weight excluding hydrogens is 242 g/mol. The smallest absolute Gasteiger partial charge is 0.0297 e. The third-order valence-corrected chi connectivity index (χ3v) is 4.54. The second-order valence-corrected chi connectivity index (χ2v) is 7.09. The first-order valence-corrected chi connectivity index (χ1v) is 8.05. The van der Waals surface area contributed by atoms with Gasteiger partial charge in [-0.2, -0.15) is 0 Å². The predicted molar refractivity (Wildman–Crippen MR) is 90.2 cm³/mol. The highest BCUT2D eigenvalue weighted by atomic mass is 14.9. The van der Waals surface area contributed by atoms with Gasteiger partial charge in [-0.05, 0) is 68.7 Å². The van der Waals surface area contributed by atoms with Crippen LogP contribution in [-0.4, -0.2) is 6.54 Å². The van der Waals surface area contributed by atoms with Gasteiger partial charge in [-0.3, -0.25) is 0 Å². The Bertz CT molecular complexity index is 400. The number of nitrogens with one attached hydrogen (secondary N) is 1. The lowest BCUT2D eigenvalue weighted by atomic mass is 9.85. The third-order valence-electron chi connectivity index (χ3n) is 4.54. The summed E-state index contributed by atoms with van der Waals surface area (Å²) in [5, 5.41) is 3.76. The first kappa shape index (κ1) is 17.2. The number of rotatable bonds is 6. The molecule has 1 heteroatoms. The van der Waals surface area contributed by atoms with E-state index in [9.17, 15) is 0 Å². The van der Waals surface area contributed by atoms with Gasteiger partial charge in [0.15, 0.2) is 0 Å². The quantitative estimate of drug-likeness (QED) is 0.753. The van der Waals surface area contributed by atoms with Crippen molar-refractivity contribution < 1.29 is 0 Å². The Kier molecular flexibility index (Phi) is 6.26. The summed E-state index contributed by atoms with van der Waals surface area (Å²) in [6.07, 6.45) is 0. The van der Waals surface area contributed by atoms with Crippen LogP contribution in [-0.2, 0) is 0 Å². The zero-order valence-electron chi connectivity index (χ0n) is 14.7. The summed E-state index contributed by atoms with van der Waals surface area (Å²) in [6.45, 7) is 19.4. The van der Waals surface area contributed by atoms with Crippen LogP contribution in [0.5, 0.6) is 0 Å². The molecule has 1 atom stereocenters. The van der Waals surface area contributed by atoms with Gasteiger partial charge >= 0.3 is 0 Å². The molecule has 0 aromatic heterocycles.